The number of carbonyl (C=O) groups is 2. The van der Waals surface area contributed by atoms with Gasteiger partial charge in [0, 0.05) is 67.0 Å². The summed E-state index contributed by atoms with van der Waals surface area (Å²) in [6.07, 6.45) is -2.00. The van der Waals surface area contributed by atoms with Gasteiger partial charge in [-0.05, 0) is 68.2 Å². The molecule has 1 amide bonds. The molecule has 1 saturated heterocycles. The predicted molar refractivity (Wildman–Crippen MR) is 174 cm³/mol. The number of rotatable bonds is 10. The van der Waals surface area contributed by atoms with Crippen LogP contribution in [0.2, 0.25) is 0 Å². The van der Waals surface area contributed by atoms with E-state index in [9.17, 15) is 35.9 Å². The molecule has 51 heavy (non-hydrogen) atoms. The van der Waals surface area contributed by atoms with Gasteiger partial charge in [-0.2, -0.15) is 31.4 Å². The molecule has 1 aromatic carbocycles. The molecule has 3 heterocycles. The third-order valence-corrected chi connectivity index (χ3v) is 9.71. The molecular formula is C35H40F6N6O4. The van der Waals surface area contributed by atoms with Gasteiger partial charge < -0.3 is 19.3 Å². The van der Waals surface area contributed by atoms with Gasteiger partial charge >= 0.3 is 24.4 Å². The van der Waals surface area contributed by atoms with Gasteiger partial charge in [0.1, 0.15) is 6.10 Å². The maximum absolute atomic E-state index is 13.8. The second kappa shape index (κ2) is 14.9. The molecule has 2 aromatic heterocycles. The fraction of sp³-hybridized carbons (Fsp3) is 0.514. The van der Waals surface area contributed by atoms with Crippen molar-refractivity contribution in [2.24, 2.45) is 13.0 Å². The van der Waals surface area contributed by atoms with E-state index in [-0.39, 0.29) is 42.1 Å². The first-order valence-electron chi connectivity index (χ1n) is 16.6. The number of ether oxygens (including phenoxy) is 2. The Balaban J connectivity index is 1.44. The molecule has 3 aromatic rings. The van der Waals surface area contributed by atoms with Crippen LogP contribution in [0.15, 0.2) is 55.1 Å². The van der Waals surface area contributed by atoms with Crippen molar-refractivity contribution in [1.82, 2.24) is 24.6 Å². The number of amides is 1. The van der Waals surface area contributed by atoms with Crippen LogP contribution in [0.1, 0.15) is 69.1 Å². The third-order valence-electron chi connectivity index (χ3n) is 9.71. The Morgan fingerprint density at radius 3 is 1.94 bits per heavy atom. The molecule has 2 aliphatic rings. The van der Waals surface area contributed by atoms with Gasteiger partial charge in [0.2, 0.25) is 5.95 Å². The van der Waals surface area contributed by atoms with Crippen LogP contribution >= 0.6 is 0 Å². The summed E-state index contributed by atoms with van der Waals surface area (Å²) in [7, 11) is 3.01. The van der Waals surface area contributed by atoms with E-state index in [0.29, 0.717) is 61.8 Å². The lowest BCUT2D eigenvalue weighted by Gasteiger charge is -2.48. The molecule has 0 radical (unpaired) electrons. The monoisotopic (exact) mass is 722 g/mol. The zero-order valence-electron chi connectivity index (χ0n) is 28.7. The number of halogens is 6. The molecule has 0 bridgehead atoms. The van der Waals surface area contributed by atoms with E-state index >= 15 is 0 Å². The fourth-order valence-electron chi connectivity index (χ4n) is 6.84. The fourth-order valence-corrected chi connectivity index (χ4v) is 6.84. The zero-order valence-corrected chi connectivity index (χ0v) is 28.7. The minimum Gasteiger partial charge on any atom is -0.466 e. The lowest BCUT2D eigenvalue weighted by atomic mass is 9.77. The van der Waals surface area contributed by atoms with E-state index in [0.717, 1.165) is 5.56 Å². The Hall–Kier alpha value is -4.63. The van der Waals surface area contributed by atoms with Gasteiger partial charge in [0.15, 0.2) is 0 Å². The number of likely N-dealkylation sites (tertiary alicyclic amines) is 1. The number of benzene rings is 1. The van der Waals surface area contributed by atoms with E-state index in [1.54, 1.807) is 33.9 Å². The number of anilines is 1. The van der Waals surface area contributed by atoms with Crippen molar-refractivity contribution in [1.29, 1.82) is 0 Å². The lowest BCUT2D eigenvalue weighted by molar-refractivity contribution is -0.143. The number of aryl methyl sites for hydroxylation is 1. The van der Waals surface area contributed by atoms with Gasteiger partial charge in [-0.1, -0.05) is 20.4 Å². The van der Waals surface area contributed by atoms with E-state index in [1.807, 2.05) is 13.8 Å². The van der Waals surface area contributed by atoms with Crippen LogP contribution in [0, 0.1) is 5.92 Å². The number of hydrogen-bond donors (Lipinski definition) is 0. The Kier molecular flexibility index (Phi) is 11.0. The first-order chi connectivity index (χ1) is 24.0. The number of nitrogens with zero attached hydrogens (tertiary/aromatic N) is 6. The quantitative estimate of drug-likeness (QED) is 0.120. The number of alkyl halides is 6. The van der Waals surface area contributed by atoms with Crippen LogP contribution in [-0.2, 0) is 40.2 Å². The normalized spacial score (nSPS) is 22.2. The molecule has 16 heteroatoms. The van der Waals surface area contributed by atoms with E-state index < -0.39 is 47.7 Å². The van der Waals surface area contributed by atoms with Crippen LogP contribution < -0.4 is 4.90 Å². The van der Waals surface area contributed by atoms with Gasteiger partial charge in [-0.15, -0.1) is 0 Å². The van der Waals surface area contributed by atoms with Crippen LogP contribution in [0.4, 0.5) is 37.1 Å². The molecular weight excluding hydrogens is 682 g/mol. The molecule has 10 nitrogen and oxygen atoms in total. The third kappa shape index (κ3) is 8.47. The number of piperidine rings is 1. The Labute approximate surface area is 291 Å². The van der Waals surface area contributed by atoms with Gasteiger partial charge in [-0.25, -0.2) is 19.6 Å². The number of methoxy groups -OCH3 is 1. The molecule has 1 aliphatic heterocycles. The van der Waals surface area contributed by atoms with Crippen molar-refractivity contribution in [2.75, 3.05) is 12.0 Å². The standard InChI is InChI=1S/C35H40F6N6O4/c1-6-27-13-29(14-28(7-2)47(27)33(49)51-30-10-22(11-30)20(3)31(48)50-5)46(32-42-15-23(16-43-32)24-17-44-45(4)19-24)18-21-8-25(34(36,37)38)12-26(9-21)35(39,40)41/h8-9,12,15-17,19,22,27-30H,3,6-7,10-11,13-14,18H2,1-2,4-5H3/t22-,27-,28+,29+,30-. The smallest absolute Gasteiger partial charge is 0.416 e. The Morgan fingerprint density at radius 2 is 1.47 bits per heavy atom. The van der Waals surface area contributed by atoms with Gasteiger partial charge in [0.25, 0.3) is 0 Å². The second-order valence-corrected chi connectivity index (χ2v) is 13.1. The van der Waals surface area contributed by atoms with Gasteiger partial charge in [0.05, 0.1) is 24.4 Å². The summed E-state index contributed by atoms with van der Waals surface area (Å²) in [4.78, 5) is 37.8. The van der Waals surface area contributed by atoms with E-state index in [1.165, 1.54) is 19.5 Å². The molecule has 0 N–H and O–H groups in total. The minimum absolute atomic E-state index is 0.104. The van der Waals surface area contributed by atoms with E-state index in [4.69, 9.17) is 9.47 Å². The Morgan fingerprint density at radius 1 is 0.902 bits per heavy atom. The van der Waals surface area contributed by atoms with Crippen molar-refractivity contribution < 1.29 is 45.4 Å². The van der Waals surface area contributed by atoms with Crippen LogP contribution in [0.25, 0.3) is 11.1 Å². The number of esters is 1. The second-order valence-electron chi connectivity index (χ2n) is 13.1. The average molecular weight is 723 g/mol. The first-order valence-corrected chi connectivity index (χ1v) is 16.6. The summed E-state index contributed by atoms with van der Waals surface area (Å²) < 4.78 is 95.1. The maximum atomic E-state index is 13.8. The summed E-state index contributed by atoms with van der Waals surface area (Å²) in [6, 6.07) is 0.335. The topological polar surface area (TPSA) is 103 Å². The minimum atomic E-state index is -5.01. The first kappa shape index (κ1) is 37.6. The average Bonchev–Trinajstić information content (AvgIpc) is 3.52. The predicted octanol–water partition coefficient (Wildman–Crippen LogP) is 7.59. The summed E-state index contributed by atoms with van der Waals surface area (Å²) >= 11 is 0. The van der Waals surface area contributed by atoms with Crippen molar-refractivity contribution >= 4 is 18.0 Å². The highest BCUT2D eigenvalue weighted by atomic mass is 19.4. The van der Waals surface area contributed by atoms with Crippen LogP contribution in [0.3, 0.4) is 0 Å². The molecule has 1 saturated carbocycles. The summed E-state index contributed by atoms with van der Waals surface area (Å²) in [5.41, 5.74) is -1.38. The van der Waals surface area contributed by atoms with Crippen molar-refractivity contribution in [3.8, 4) is 11.1 Å². The van der Waals surface area contributed by atoms with Crippen molar-refractivity contribution in [3.05, 3.63) is 71.8 Å². The summed E-state index contributed by atoms with van der Waals surface area (Å²) in [6.45, 7) is 7.22. The molecule has 0 unspecified atom stereocenters. The van der Waals surface area contributed by atoms with Crippen molar-refractivity contribution in [3.63, 3.8) is 0 Å². The summed E-state index contributed by atoms with van der Waals surface area (Å²) in [5.74, 6) is -0.550. The van der Waals surface area contributed by atoms with E-state index in [2.05, 4.69) is 21.6 Å². The number of carbonyl (C=O) groups excluding carboxylic acids is 2. The molecule has 1 aliphatic carbocycles. The summed E-state index contributed by atoms with van der Waals surface area (Å²) in [5, 5.41) is 4.14. The van der Waals surface area contributed by atoms with Crippen LogP contribution in [-0.4, -0.2) is 68.1 Å². The zero-order chi connectivity index (χ0) is 37.2. The molecule has 276 valence electrons. The number of hydrogen-bond acceptors (Lipinski definition) is 8. The molecule has 5 rings (SSSR count). The number of aromatic nitrogens is 4. The highest BCUT2D eigenvalue weighted by molar-refractivity contribution is 5.88. The molecule has 3 atom stereocenters. The lowest BCUT2D eigenvalue weighted by Crippen LogP contribution is -2.57. The SMILES string of the molecule is C=C(C(=O)OC)[C@H]1C[C@H](OC(=O)N2[C@H](CC)C[C@H](N(Cc3cc(C(F)(F)F)cc(C(F)(F)F)c3)c3ncc(-c4cnn(C)c4)cn3)C[C@@H]2CC)C1. The molecule has 2 fully saturated rings. The highest BCUT2D eigenvalue weighted by Gasteiger charge is 2.44. The van der Waals surface area contributed by atoms with Crippen LogP contribution in [0.5, 0.6) is 0 Å². The maximum Gasteiger partial charge on any atom is 0.416 e. The highest BCUT2D eigenvalue weighted by Crippen LogP contribution is 2.40. The van der Waals surface area contributed by atoms with Crippen molar-refractivity contribution in [2.45, 2.75) is 95.5 Å². The van der Waals surface area contributed by atoms with Gasteiger partial charge in [-0.3, -0.25) is 4.68 Å². The Bertz CT molecular complexity index is 1670. The molecule has 0 spiro atoms. The largest absolute Gasteiger partial charge is 0.466 e.